The third kappa shape index (κ3) is 5.00. The number of rotatable bonds is 5. The minimum Gasteiger partial charge on any atom is -0.375 e. The Kier molecular flexibility index (Phi) is 5.80. The molecule has 5 nitrogen and oxygen atoms in total. The van der Waals surface area contributed by atoms with Gasteiger partial charge in [-0.15, -0.1) is 0 Å². The Hall–Kier alpha value is -1.59. The van der Waals surface area contributed by atoms with Gasteiger partial charge in [-0.1, -0.05) is 18.2 Å². The molecule has 1 heterocycles. The molecule has 0 spiro atoms. The lowest BCUT2D eigenvalue weighted by Gasteiger charge is -2.43. The molecular weight excluding hydrogens is 278 g/mol. The summed E-state index contributed by atoms with van der Waals surface area (Å²) in [4.78, 5) is 14.1. The van der Waals surface area contributed by atoms with Crippen LogP contribution in [-0.2, 0) is 4.74 Å². The number of para-hydroxylation sites is 1. The van der Waals surface area contributed by atoms with E-state index in [-0.39, 0.29) is 17.7 Å². The third-order valence-corrected chi connectivity index (χ3v) is 4.36. The maximum atomic E-state index is 11.7. The van der Waals surface area contributed by atoms with E-state index in [2.05, 4.69) is 36.4 Å². The van der Waals surface area contributed by atoms with Crippen molar-refractivity contribution >= 4 is 11.7 Å². The Morgan fingerprint density at radius 2 is 2.09 bits per heavy atom. The zero-order valence-electron chi connectivity index (χ0n) is 13.8. The molecule has 1 aliphatic heterocycles. The highest BCUT2D eigenvalue weighted by Gasteiger charge is 2.31. The smallest absolute Gasteiger partial charge is 0.319 e. The predicted octanol–water partition coefficient (Wildman–Crippen LogP) is 2.70. The number of nitrogens with one attached hydrogen (secondary N) is 2. The molecule has 1 atom stereocenters. The molecule has 1 saturated heterocycles. The Morgan fingerprint density at radius 3 is 2.77 bits per heavy atom. The van der Waals surface area contributed by atoms with Crippen molar-refractivity contribution in [3.63, 3.8) is 0 Å². The van der Waals surface area contributed by atoms with E-state index >= 15 is 0 Å². The number of likely N-dealkylation sites (N-methyl/N-ethyl adjacent to an activating group) is 1. The van der Waals surface area contributed by atoms with E-state index in [0.717, 1.165) is 25.1 Å². The molecule has 0 aliphatic carbocycles. The lowest BCUT2D eigenvalue weighted by atomic mass is 9.90. The van der Waals surface area contributed by atoms with Crippen molar-refractivity contribution in [1.29, 1.82) is 0 Å². The first-order valence-corrected chi connectivity index (χ1v) is 7.90. The highest BCUT2D eigenvalue weighted by Crippen LogP contribution is 2.26. The molecule has 1 aromatic rings. The SMILES string of the molecule is CN1C[C@@H](OCCNC(=O)Nc2ccccc2)CCC1(C)C. The number of amides is 2. The van der Waals surface area contributed by atoms with Crippen LogP contribution in [0.3, 0.4) is 0 Å². The highest BCUT2D eigenvalue weighted by molar-refractivity contribution is 5.89. The number of carbonyl (C=O) groups is 1. The molecule has 22 heavy (non-hydrogen) atoms. The van der Waals surface area contributed by atoms with E-state index in [9.17, 15) is 4.79 Å². The lowest BCUT2D eigenvalue weighted by molar-refractivity contribution is -0.0321. The monoisotopic (exact) mass is 305 g/mol. The van der Waals surface area contributed by atoms with Crippen molar-refractivity contribution in [2.24, 2.45) is 0 Å². The van der Waals surface area contributed by atoms with Gasteiger partial charge in [-0.25, -0.2) is 4.79 Å². The maximum absolute atomic E-state index is 11.7. The van der Waals surface area contributed by atoms with Crippen LogP contribution in [-0.4, -0.2) is 49.3 Å². The highest BCUT2D eigenvalue weighted by atomic mass is 16.5. The van der Waals surface area contributed by atoms with E-state index in [4.69, 9.17) is 4.74 Å². The van der Waals surface area contributed by atoms with Gasteiger partial charge < -0.3 is 15.4 Å². The van der Waals surface area contributed by atoms with Crippen molar-refractivity contribution in [2.45, 2.75) is 38.3 Å². The molecule has 0 saturated carbocycles. The van der Waals surface area contributed by atoms with Crippen LogP contribution in [0.4, 0.5) is 10.5 Å². The summed E-state index contributed by atoms with van der Waals surface area (Å²) >= 11 is 0. The van der Waals surface area contributed by atoms with Crippen LogP contribution in [0.15, 0.2) is 30.3 Å². The Balaban J connectivity index is 1.60. The summed E-state index contributed by atoms with van der Waals surface area (Å²) in [6.45, 7) is 6.53. The van der Waals surface area contributed by atoms with Gasteiger partial charge in [0.15, 0.2) is 0 Å². The van der Waals surface area contributed by atoms with Gasteiger partial charge in [-0.2, -0.15) is 0 Å². The molecule has 1 aromatic carbocycles. The van der Waals surface area contributed by atoms with Gasteiger partial charge in [0.1, 0.15) is 0 Å². The fraction of sp³-hybridized carbons (Fsp3) is 0.588. The van der Waals surface area contributed by atoms with E-state index in [1.165, 1.54) is 0 Å². The number of ether oxygens (including phenoxy) is 1. The summed E-state index contributed by atoms with van der Waals surface area (Å²) < 4.78 is 5.86. The van der Waals surface area contributed by atoms with Crippen LogP contribution >= 0.6 is 0 Å². The molecule has 0 aromatic heterocycles. The molecule has 2 N–H and O–H groups in total. The number of hydrogen-bond acceptors (Lipinski definition) is 3. The predicted molar refractivity (Wildman–Crippen MR) is 89.1 cm³/mol. The molecule has 0 bridgehead atoms. The number of benzene rings is 1. The van der Waals surface area contributed by atoms with E-state index in [1.807, 2.05) is 30.3 Å². The molecule has 5 heteroatoms. The summed E-state index contributed by atoms with van der Waals surface area (Å²) in [7, 11) is 2.14. The molecule has 0 radical (unpaired) electrons. The van der Waals surface area contributed by atoms with Crippen LogP contribution < -0.4 is 10.6 Å². The van der Waals surface area contributed by atoms with Crippen LogP contribution in [0.2, 0.25) is 0 Å². The van der Waals surface area contributed by atoms with Crippen LogP contribution in [0, 0.1) is 0 Å². The first kappa shape index (κ1) is 16.8. The van der Waals surface area contributed by atoms with Crippen molar-refractivity contribution in [1.82, 2.24) is 10.2 Å². The topological polar surface area (TPSA) is 53.6 Å². The number of carbonyl (C=O) groups excluding carboxylic acids is 1. The fourth-order valence-electron chi connectivity index (χ4n) is 2.57. The van der Waals surface area contributed by atoms with Gasteiger partial charge in [0.05, 0.1) is 12.7 Å². The molecule has 1 aliphatic rings. The molecule has 0 unspecified atom stereocenters. The van der Waals surface area contributed by atoms with Crippen molar-refractivity contribution in [3.8, 4) is 0 Å². The molecule has 122 valence electrons. The summed E-state index contributed by atoms with van der Waals surface area (Å²) in [6, 6.07) is 9.21. The van der Waals surface area contributed by atoms with E-state index in [0.29, 0.717) is 13.2 Å². The lowest BCUT2D eigenvalue weighted by Crippen LogP contribution is -2.50. The molecule has 2 rings (SSSR count). The number of anilines is 1. The zero-order valence-corrected chi connectivity index (χ0v) is 13.8. The van der Waals surface area contributed by atoms with Gasteiger partial charge in [0, 0.05) is 24.3 Å². The first-order chi connectivity index (χ1) is 10.5. The van der Waals surface area contributed by atoms with Crippen molar-refractivity contribution in [2.75, 3.05) is 32.1 Å². The summed E-state index contributed by atoms with van der Waals surface area (Å²) in [6.07, 6.45) is 2.47. The Bertz CT molecular complexity index is 476. The maximum Gasteiger partial charge on any atom is 0.319 e. The van der Waals surface area contributed by atoms with Crippen LogP contribution in [0.25, 0.3) is 0 Å². The normalized spacial score (nSPS) is 21.3. The average Bonchev–Trinajstić information content (AvgIpc) is 2.48. The first-order valence-electron chi connectivity index (χ1n) is 7.90. The molecular formula is C17H27N3O2. The van der Waals surface area contributed by atoms with Gasteiger partial charge in [0.25, 0.3) is 0 Å². The van der Waals surface area contributed by atoms with Gasteiger partial charge in [-0.3, -0.25) is 4.90 Å². The molecule has 1 fully saturated rings. The minimum atomic E-state index is -0.198. The number of piperidine rings is 1. The number of urea groups is 1. The Labute approximate surface area is 133 Å². The quantitative estimate of drug-likeness (QED) is 0.822. The average molecular weight is 305 g/mol. The van der Waals surface area contributed by atoms with Crippen molar-refractivity contribution < 1.29 is 9.53 Å². The molecule has 2 amide bonds. The Morgan fingerprint density at radius 1 is 1.36 bits per heavy atom. The second-order valence-electron chi connectivity index (χ2n) is 6.47. The van der Waals surface area contributed by atoms with Crippen LogP contribution in [0.1, 0.15) is 26.7 Å². The van der Waals surface area contributed by atoms with Crippen molar-refractivity contribution in [3.05, 3.63) is 30.3 Å². The number of nitrogens with zero attached hydrogens (tertiary/aromatic N) is 1. The van der Waals surface area contributed by atoms with Crippen LogP contribution in [0.5, 0.6) is 0 Å². The third-order valence-electron chi connectivity index (χ3n) is 4.36. The second kappa shape index (κ2) is 7.61. The van der Waals surface area contributed by atoms with Gasteiger partial charge >= 0.3 is 6.03 Å². The minimum absolute atomic E-state index is 0.198. The largest absolute Gasteiger partial charge is 0.375 e. The zero-order chi connectivity index (χ0) is 16.0. The van der Waals surface area contributed by atoms with Gasteiger partial charge in [0.2, 0.25) is 0 Å². The summed E-state index contributed by atoms with van der Waals surface area (Å²) in [5.74, 6) is 0. The van der Waals surface area contributed by atoms with Gasteiger partial charge in [-0.05, 0) is 45.9 Å². The van der Waals surface area contributed by atoms with E-state index in [1.54, 1.807) is 0 Å². The second-order valence-corrected chi connectivity index (χ2v) is 6.47. The summed E-state index contributed by atoms with van der Waals surface area (Å²) in [5, 5.41) is 5.59. The van der Waals surface area contributed by atoms with E-state index < -0.39 is 0 Å². The fourth-order valence-corrected chi connectivity index (χ4v) is 2.57. The standard InChI is InChI=1S/C17H27N3O2/c1-17(2)10-9-15(13-20(17)3)22-12-11-18-16(21)19-14-7-5-4-6-8-14/h4-8,15H,9-13H2,1-3H3,(H2,18,19,21)/t15-/m0/s1. The number of hydrogen-bond donors (Lipinski definition) is 2. The number of likely N-dealkylation sites (tertiary alicyclic amines) is 1. The summed E-state index contributed by atoms with van der Waals surface area (Å²) in [5.41, 5.74) is 1.05.